The quantitative estimate of drug-likeness (QED) is 0.550. The van der Waals surface area contributed by atoms with Crippen LogP contribution in [-0.2, 0) is 9.53 Å². The Labute approximate surface area is 115 Å². The maximum absolute atomic E-state index is 11.7. The Morgan fingerprint density at radius 3 is 2.63 bits per heavy atom. The lowest BCUT2D eigenvalue weighted by Gasteiger charge is -2.16. The Hall–Kier alpha value is -1.55. The molecule has 4 heteroatoms. The number of carbonyl (C=O) groups excluding carboxylic acids is 1. The highest BCUT2D eigenvalue weighted by atomic mass is 16.5. The molecule has 1 aromatic rings. The molecule has 1 unspecified atom stereocenters. The first kappa shape index (κ1) is 15.5. The Bertz CT molecular complexity index is 354. The van der Waals surface area contributed by atoms with Gasteiger partial charge in [0.15, 0.2) is 0 Å². The number of ether oxygens (including phenoxy) is 2. The summed E-state index contributed by atoms with van der Waals surface area (Å²) in [6.45, 7) is 5.44. The zero-order valence-corrected chi connectivity index (χ0v) is 11.7. The van der Waals surface area contributed by atoms with Crippen molar-refractivity contribution in [2.45, 2.75) is 32.7 Å². The molecule has 19 heavy (non-hydrogen) atoms. The van der Waals surface area contributed by atoms with Gasteiger partial charge in [0.1, 0.15) is 18.4 Å². The molecule has 0 aliphatic heterocycles. The molecule has 0 heterocycles. The van der Waals surface area contributed by atoms with E-state index in [-0.39, 0.29) is 12.0 Å². The summed E-state index contributed by atoms with van der Waals surface area (Å²) in [5.41, 5.74) is 0. The Morgan fingerprint density at radius 2 is 2.00 bits per heavy atom. The molecule has 0 saturated carbocycles. The average molecular weight is 265 g/mol. The molecule has 0 aromatic heterocycles. The van der Waals surface area contributed by atoms with Crippen LogP contribution < -0.4 is 10.1 Å². The fourth-order valence-electron chi connectivity index (χ4n) is 1.75. The van der Waals surface area contributed by atoms with E-state index in [1.165, 1.54) is 0 Å². The number of benzene rings is 1. The molecule has 0 spiro atoms. The zero-order valence-electron chi connectivity index (χ0n) is 11.7. The van der Waals surface area contributed by atoms with Crippen molar-refractivity contribution in [3.05, 3.63) is 30.3 Å². The number of esters is 1. The van der Waals surface area contributed by atoms with E-state index in [1.54, 1.807) is 0 Å². The van der Waals surface area contributed by atoms with Gasteiger partial charge < -0.3 is 14.8 Å². The van der Waals surface area contributed by atoms with Crippen molar-refractivity contribution in [3.8, 4) is 5.75 Å². The van der Waals surface area contributed by atoms with Crippen LogP contribution in [0, 0.1) is 0 Å². The predicted molar refractivity (Wildman–Crippen MR) is 75.3 cm³/mol. The second-order valence-corrected chi connectivity index (χ2v) is 4.21. The van der Waals surface area contributed by atoms with Crippen LogP contribution in [0.5, 0.6) is 5.75 Å². The molecule has 0 fully saturated rings. The van der Waals surface area contributed by atoms with Gasteiger partial charge in [-0.2, -0.15) is 0 Å². The standard InChI is InChI=1S/C15H23NO3/c1-3-8-14(15(17)18-4-2)16-11-12-19-13-9-6-5-7-10-13/h5-7,9-10,14,16H,3-4,8,11-12H2,1-2H3. The molecule has 0 aliphatic rings. The Kier molecular flexibility index (Phi) is 7.66. The van der Waals surface area contributed by atoms with E-state index in [2.05, 4.69) is 5.32 Å². The van der Waals surface area contributed by atoms with Crippen LogP contribution in [0.2, 0.25) is 0 Å². The zero-order chi connectivity index (χ0) is 13.9. The van der Waals surface area contributed by atoms with Crippen molar-refractivity contribution in [1.29, 1.82) is 0 Å². The number of hydrogen-bond donors (Lipinski definition) is 1. The van der Waals surface area contributed by atoms with Crippen molar-refractivity contribution < 1.29 is 14.3 Å². The van der Waals surface area contributed by atoms with Crippen molar-refractivity contribution in [1.82, 2.24) is 5.32 Å². The normalized spacial score (nSPS) is 11.9. The first-order chi connectivity index (χ1) is 9.27. The summed E-state index contributed by atoms with van der Waals surface area (Å²) in [6, 6.07) is 9.40. The number of para-hydroxylation sites is 1. The summed E-state index contributed by atoms with van der Waals surface area (Å²) in [5.74, 6) is 0.663. The van der Waals surface area contributed by atoms with Gasteiger partial charge in [-0.15, -0.1) is 0 Å². The molecule has 1 N–H and O–H groups in total. The molecule has 1 atom stereocenters. The van der Waals surface area contributed by atoms with E-state index in [0.29, 0.717) is 19.8 Å². The summed E-state index contributed by atoms with van der Waals surface area (Å²) in [7, 11) is 0. The number of hydrogen-bond acceptors (Lipinski definition) is 4. The van der Waals surface area contributed by atoms with E-state index < -0.39 is 0 Å². The van der Waals surface area contributed by atoms with Crippen molar-refractivity contribution >= 4 is 5.97 Å². The monoisotopic (exact) mass is 265 g/mol. The predicted octanol–water partition coefficient (Wildman–Crippen LogP) is 2.39. The van der Waals surface area contributed by atoms with Gasteiger partial charge in [0, 0.05) is 6.54 Å². The summed E-state index contributed by atoms with van der Waals surface area (Å²) in [5, 5.41) is 3.18. The summed E-state index contributed by atoms with van der Waals surface area (Å²) in [6.07, 6.45) is 1.72. The van der Waals surface area contributed by atoms with Gasteiger partial charge in [-0.1, -0.05) is 31.5 Å². The minimum atomic E-state index is -0.232. The minimum Gasteiger partial charge on any atom is -0.492 e. The molecule has 1 aromatic carbocycles. The topological polar surface area (TPSA) is 47.6 Å². The Balaban J connectivity index is 2.26. The van der Waals surface area contributed by atoms with E-state index in [1.807, 2.05) is 44.2 Å². The van der Waals surface area contributed by atoms with Crippen LogP contribution in [0.15, 0.2) is 30.3 Å². The number of nitrogens with one attached hydrogen (secondary N) is 1. The molecule has 4 nitrogen and oxygen atoms in total. The lowest BCUT2D eigenvalue weighted by atomic mass is 10.1. The molecular formula is C15H23NO3. The molecule has 0 amide bonds. The van der Waals surface area contributed by atoms with Crippen LogP contribution in [0.1, 0.15) is 26.7 Å². The fraction of sp³-hybridized carbons (Fsp3) is 0.533. The largest absolute Gasteiger partial charge is 0.492 e. The van der Waals surface area contributed by atoms with Crippen molar-refractivity contribution in [2.24, 2.45) is 0 Å². The van der Waals surface area contributed by atoms with Gasteiger partial charge in [-0.3, -0.25) is 4.79 Å². The summed E-state index contributed by atoms with van der Waals surface area (Å²) < 4.78 is 10.6. The highest BCUT2D eigenvalue weighted by Gasteiger charge is 2.17. The molecule has 106 valence electrons. The molecule has 0 radical (unpaired) electrons. The lowest BCUT2D eigenvalue weighted by Crippen LogP contribution is -2.40. The number of carbonyl (C=O) groups is 1. The lowest BCUT2D eigenvalue weighted by molar-refractivity contribution is -0.145. The summed E-state index contributed by atoms with van der Waals surface area (Å²) in [4.78, 5) is 11.7. The highest BCUT2D eigenvalue weighted by Crippen LogP contribution is 2.07. The third-order valence-electron chi connectivity index (χ3n) is 2.65. The first-order valence-electron chi connectivity index (χ1n) is 6.85. The smallest absolute Gasteiger partial charge is 0.323 e. The maximum Gasteiger partial charge on any atom is 0.323 e. The van der Waals surface area contributed by atoms with Crippen LogP contribution in [0.4, 0.5) is 0 Å². The fourth-order valence-corrected chi connectivity index (χ4v) is 1.75. The third kappa shape index (κ3) is 6.25. The minimum absolute atomic E-state index is 0.177. The van der Waals surface area contributed by atoms with Gasteiger partial charge in [-0.25, -0.2) is 0 Å². The van der Waals surface area contributed by atoms with E-state index >= 15 is 0 Å². The maximum atomic E-state index is 11.7. The van der Waals surface area contributed by atoms with E-state index in [0.717, 1.165) is 18.6 Å². The molecule has 0 saturated heterocycles. The molecule has 0 aliphatic carbocycles. The van der Waals surface area contributed by atoms with Gasteiger partial charge in [0.2, 0.25) is 0 Å². The van der Waals surface area contributed by atoms with Crippen LogP contribution in [0.25, 0.3) is 0 Å². The highest BCUT2D eigenvalue weighted by molar-refractivity contribution is 5.75. The van der Waals surface area contributed by atoms with Crippen molar-refractivity contribution in [2.75, 3.05) is 19.8 Å². The molecule has 1 rings (SSSR count). The van der Waals surface area contributed by atoms with Gasteiger partial charge in [0.25, 0.3) is 0 Å². The van der Waals surface area contributed by atoms with Gasteiger partial charge >= 0.3 is 5.97 Å². The van der Waals surface area contributed by atoms with Crippen LogP contribution in [-0.4, -0.2) is 31.8 Å². The second-order valence-electron chi connectivity index (χ2n) is 4.21. The van der Waals surface area contributed by atoms with E-state index in [4.69, 9.17) is 9.47 Å². The third-order valence-corrected chi connectivity index (χ3v) is 2.65. The Morgan fingerprint density at radius 1 is 1.26 bits per heavy atom. The SMILES string of the molecule is CCCC(NCCOc1ccccc1)C(=O)OCC. The summed E-state index contributed by atoms with van der Waals surface area (Å²) >= 11 is 0. The van der Waals surface area contributed by atoms with E-state index in [9.17, 15) is 4.79 Å². The van der Waals surface area contributed by atoms with Gasteiger partial charge in [0.05, 0.1) is 6.61 Å². The second kappa shape index (κ2) is 9.39. The van der Waals surface area contributed by atoms with Gasteiger partial charge in [-0.05, 0) is 25.5 Å². The number of rotatable bonds is 9. The van der Waals surface area contributed by atoms with Crippen molar-refractivity contribution in [3.63, 3.8) is 0 Å². The molecular weight excluding hydrogens is 242 g/mol. The molecule has 0 bridgehead atoms. The van der Waals surface area contributed by atoms with Crippen LogP contribution in [0.3, 0.4) is 0 Å². The first-order valence-corrected chi connectivity index (χ1v) is 6.85. The average Bonchev–Trinajstić information content (AvgIpc) is 2.43. The van der Waals surface area contributed by atoms with Crippen LogP contribution >= 0.6 is 0 Å².